The molecule has 0 radical (unpaired) electrons. The molecule has 6 heteroatoms. The quantitative estimate of drug-likeness (QED) is 0.627. The summed E-state index contributed by atoms with van der Waals surface area (Å²) in [6.07, 6.45) is 0.416. The molecule has 1 unspecified atom stereocenters. The van der Waals surface area contributed by atoms with Gasteiger partial charge in [0.05, 0.1) is 18.4 Å². The summed E-state index contributed by atoms with van der Waals surface area (Å²) in [6, 6.07) is 3.09. The molecule has 1 aromatic carbocycles. The number of carbonyl (C=O) groups is 3. The van der Waals surface area contributed by atoms with Crippen molar-refractivity contribution in [1.82, 2.24) is 0 Å². The van der Waals surface area contributed by atoms with Crippen molar-refractivity contribution in [2.45, 2.75) is 25.9 Å². The van der Waals surface area contributed by atoms with E-state index >= 15 is 0 Å². The van der Waals surface area contributed by atoms with Crippen LogP contribution in [0.2, 0.25) is 0 Å². The Morgan fingerprint density at radius 1 is 1.23 bits per heavy atom. The van der Waals surface area contributed by atoms with E-state index in [4.69, 9.17) is 9.47 Å². The zero-order chi connectivity index (χ0) is 16.7. The third kappa shape index (κ3) is 2.02. The van der Waals surface area contributed by atoms with E-state index in [1.54, 1.807) is 13.1 Å². The Kier molecular flexibility index (Phi) is 4.06. The fourth-order valence-electron chi connectivity index (χ4n) is 2.94. The highest BCUT2D eigenvalue weighted by molar-refractivity contribution is 6.11. The molecular weight excluding hydrogens is 286 g/mol. The zero-order valence-electron chi connectivity index (χ0n) is 13.4. The normalized spacial score (nSPS) is 20.0. The molecule has 1 aromatic rings. The molecule has 22 heavy (non-hydrogen) atoms. The Morgan fingerprint density at radius 2 is 1.86 bits per heavy atom. The highest BCUT2D eigenvalue weighted by Gasteiger charge is 2.49. The molecule has 0 fully saturated rings. The molecule has 6 nitrogen and oxygen atoms in total. The summed E-state index contributed by atoms with van der Waals surface area (Å²) >= 11 is 0. The summed E-state index contributed by atoms with van der Waals surface area (Å²) in [4.78, 5) is 37.8. The molecule has 1 heterocycles. The number of ketones is 1. The Bertz CT molecular complexity index is 661. The predicted octanol–water partition coefficient (Wildman–Crippen LogP) is 1.90. The van der Waals surface area contributed by atoms with E-state index in [1.165, 1.54) is 32.1 Å². The number of benzene rings is 1. The molecule has 2 rings (SSSR count). The van der Waals surface area contributed by atoms with Gasteiger partial charge in [-0.25, -0.2) is 4.79 Å². The molecule has 0 bridgehead atoms. The maximum absolute atomic E-state index is 12.6. The minimum atomic E-state index is -1.14. The number of Topliss-reactive ketones (excluding diaryl/α,β-unsaturated/α-hetero) is 1. The molecule has 0 saturated carbocycles. The van der Waals surface area contributed by atoms with Gasteiger partial charge in [0.15, 0.2) is 11.4 Å². The van der Waals surface area contributed by atoms with Gasteiger partial charge in [0, 0.05) is 25.3 Å². The lowest BCUT2D eigenvalue weighted by atomic mass is 9.89. The smallest absolute Gasteiger partial charge is 0.338 e. The third-order valence-corrected chi connectivity index (χ3v) is 4.21. The Balaban J connectivity index is 2.80. The number of esters is 1. The van der Waals surface area contributed by atoms with Gasteiger partial charge in [-0.05, 0) is 25.5 Å². The highest BCUT2D eigenvalue weighted by atomic mass is 16.5. The van der Waals surface area contributed by atoms with Crippen molar-refractivity contribution < 1.29 is 23.9 Å². The second-order valence-electron chi connectivity index (χ2n) is 5.21. The summed E-state index contributed by atoms with van der Waals surface area (Å²) in [5.41, 5.74) is 0.393. The van der Waals surface area contributed by atoms with Crippen LogP contribution in [0.25, 0.3) is 0 Å². The molecule has 1 amide bonds. The van der Waals surface area contributed by atoms with Gasteiger partial charge in [-0.2, -0.15) is 0 Å². The first-order chi connectivity index (χ1) is 10.3. The lowest BCUT2D eigenvalue weighted by Crippen LogP contribution is -2.39. The number of hydrogen-bond donors (Lipinski definition) is 0. The van der Waals surface area contributed by atoms with Crippen LogP contribution in [-0.4, -0.2) is 38.9 Å². The van der Waals surface area contributed by atoms with E-state index < -0.39 is 11.6 Å². The number of methoxy groups -OCH3 is 2. The van der Waals surface area contributed by atoms with E-state index in [1.807, 2.05) is 6.92 Å². The first-order valence-corrected chi connectivity index (χ1v) is 6.95. The number of rotatable bonds is 4. The minimum absolute atomic E-state index is 0.145. The average Bonchev–Trinajstić information content (AvgIpc) is 2.73. The van der Waals surface area contributed by atoms with Crippen LogP contribution < -0.4 is 4.90 Å². The van der Waals surface area contributed by atoms with E-state index in [9.17, 15) is 14.4 Å². The summed E-state index contributed by atoms with van der Waals surface area (Å²) in [6.45, 7) is 3.20. The largest absolute Gasteiger partial charge is 0.465 e. The van der Waals surface area contributed by atoms with Crippen LogP contribution in [0.3, 0.4) is 0 Å². The molecule has 1 aliphatic rings. The van der Waals surface area contributed by atoms with E-state index in [0.29, 0.717) is 17.7 Å². The van der Waals surface area contributed by atoms with Crippen LogP contribution in [0, 0.1) is 0 Å². The lowest BCUT2D eigenvalue weighted by Gasteiger charge is -2.25. The zero-order valence-corrected chi connectivity index (χ0v) is 13.4. The van der Waals surface area contributed by atoms with Crippen molar-refractivity contribution in [2.75, 3.05) is 26.2 Å². The number of anilines is 1. The number of ether oxygens (including phenoxy) is 2. The summed E-state index contributed by atoms with van der Waals surface area (Å²) in [7, 11) is 4.33. The maximum Gasteiger partial charge on any atom is 0.338 e. The van der Waals surface area contributed by atoms with Gasteiger partial charge in [0.25, 0.3) is 5.91 Å². The van der Waals surface area contributed by atoms with Crippen molar-refractivity contribution in [3.8, 4) is 0 Å². The van der Waals surface area contributed by atoms with Crippen molar-refractivity contribution in [1.29, 1.82) is 0 Å². The topological polar surface area (TPSA) is 72.9 Å². The van der Waals surface area contributed by atoms with Gasteiger partial charge < -0.3 is 14.4 Å². The molecule has 0 saturated heterocycles. The maximum atomic E-state index is 12.6. The van der Waals surface area contributed by atoms with Crippen LogP contribution in [-0.2, 0) is 19.9 Å². The monoisotopic (exact) mass is 305 g/mol. The summed E-state index contributed by atoms with van der Waals surface area (Å²) in [5.74, 6) is -1.10. The summed E-state index contributed by atoms with van der Waals surface area (Å²) < 4.78 is 10.2. The predicted molar refractivity (Wildman–Crippen MR) is 80.2 cm³/mol. The SMILES string of the molecule is CCC1(OC)C(=O)N(C)c2cc(C(C)=O)c(C(=O)OC)cc21. The first-order valence-electron chi connectivity index (χ1n) is 6.95. The number of likely N-dealkylation sites (N-methyl/N-ethyl adjacent to an activating group) is 1. The van der Waals surface area contributed by atoms with Crippen molar-refractivity contribution in [3.63, 3.8) is 0 Å². The van der Waals surface area contributed by atoms with Crippen LogP contribution >= 0.6 is 0 Å². The van der Waals surface area contributed by atoms with Crippen molar-refractivity contribution in [2.24, 2.45) is 0 Å². The Morgan fingerprint density at radius 3 is 2.32 bits per heavy atom. The van der Waals surface area contributed by atoms with E-state index in [2.05, 4.69) is 0 Å². The molecule has 0 aliphatic carbocycles. The number of fused-ring (bicyclic) bond motifs is 1. The van der Waals surface area contributed by atoms with Gasteiger partial charge in [-0.15, -0.1) is 0 Å². The fourth-order valence-corrected chi connectivity index (χ4v) is 2.94. The molecule has 0 aromatic heterocycles. The average molecular weight is 305 g/mol. The van der Waals surface area contributed by atoms with Crippen LogP contribution in [0.1, 0.15) is 46.5 Å². The number of carbonyl (C=O) groups excluding carboxylic acids is 3. The molecule has 0 N–H and O–H groups in total. The Hall–Kier alpha value is -2.21. The van der Waals surface area contributed by atoms with Gasteiger partial charge in [-0.1, -0.05) is 6.92 Å². The minimum Gasteiger partial charge on any atom is -0.465 e. The van der Waals surface area contributed by atoms with Crippen molar-refractivity contribution in [3.05, 3.63) is 28.8 Å². The molecule has 1 aliphatic heterocycles. The van der Waals surface area contributed by atoms with Crippen LogP contribution in [0.15, 0.2) is 12.1 Å². The van der Waals surface area contributed by atoms with Gasteiger partial charge in [0.1, 0.15) is 0 Å². The van der Waals surface area contributed by atoms with Crippen LogP contribution in [0.5, 0.6) is 0 Å². The summed E-state index contributed by atoms with van der Waals surface area (Å²) in [5, 5.41) is 0. The van der Waals surface area contributed by atoms with Gasteiger partial charge in [0.2, 0.25) is 0 Å². The Labute approximate surface area is 129 Å². The number of nitrogens with zero attached hydrogens (tertiary/aromatic N) is 1. The van der Waals surface area contributed by atoms with E-state index in [0.717, 1.165) is 0 Å². The van der Waals surface area contributed by atoms with Gasteiger partial charge in [-0.3, -0.25) is 9.59 Å². The fraction of sp³-hybridized carbons (Fsp3) is 0.438. The molecule has 118 valence electrons. The van der Waals surface area contributed by atoms with Gasteiger partial charge >= 0.3 is 5.97 Å². The molecule has 1 atom stereocenters. The highest BCUT2D eigenvalue weighted by Crippen LogP contribution is 2.45. The van der Waals surface area contributed by atoms with Crippen molar-refractivity contribution >= 4 is 23.3 Å². The standard InChI is InChI=1S/C16H19NO5/c1-6-16(22-5)12-7-11(14(19)21-4)10(9(2)18)8-13(12)17(3)15(16)20/h7-8H,6H2,1-5H3. The van der Waals surface area contributed by atoms with E-state index in [-0.39, 0.29) is 22.8 Å². The second kappa shape index (κ2) is 5.53. The third-order valence-electron chi connectivity index (χ3n) is 4.21. The molecule has 0 spiro atoms. The number of amides is 1. The van der Waals surface area contributed by atoms with Crippen LogP contribution in [0.4, 0.5) is 5.69 Å². The molecular formula is C16H19NO5. The first kappa shape index (κ1) is 16.2. The second-order valence-corrected chi connectivity index (χ2v) is 5.21. The lowest BCUT2D eigenvalue weighted by molar-refractivity contribution is -0.140. The number of hydrogen-bond acceptors (Lipinski definition) is 5.